The van der Waals surface area contributed by atoms with Gasteiger partial charge in [0.2, 0.25) is 0 Å². The van der Waals surface area contributed by atoms with Crippen molar-refractivity contribution in [3.63, 3.8) is 0 Å². The van der Waals surface area contributed by atoms with Crippen molar-refractivity contribution >= 4 is 16.4 Å². The van der Waals surface area contributed by atoms with Crippen LogP contribution in [0.1, 0.15) is 6.92 Å². The van der Waals surface area contributed by atoms with Crippen LogP contribution in [0, 0.1) is 0 Å². The molecule has 0 amide bonds. The van der Waals surface area contributed by atoms with Gasteiger partial charge in [-0.05, 0) is 41.6 Å². The molecule has 0 aliphatic rings. The van der Waals surface area contributed by atoms with Crippen LogP contribution in [0.4, 0.5) is 0 Å². The summed E-state index contributed by atoms with van der Waals surface area (Å²) in [5.41, 5.74) is 4.21. The Morgan fingerprint density at radius 1 is 0.821 bits per heavy atom. The highest BCUT2D eigenvalue weighted by Gasteiger charge is 2.10. The van der Waals surface area contributed by atoms with Gasteiger partial charge in [0.25, 0.3) is 0 Å². The third kappa shape index (κ3) is 2.89. The summed E-state index contributed by atoms with van der Waals surface area (Å²) in [5.74, 6) is 1.56. The van der Waals surface area contributed by atoms with Gasteiger partial charge in [-0.1, -0.05) is 60.7 Å². The van der Waals surface area contributed by atoms with Crippen molar-refractivity contribution < 1.29 is 4.74 Å². The lowest BCUT2D eigenvalue weighted by atomic mass is 10.0. The van der Waals surface area contributed by atoms with Gasteiger partial charge < -0.3 is 4.74 Å². The molecule has 4 nitrogen and oxygen atoms in total. The summed E-state index contributed by atoms with van der Waals surface area (Å²) in [6.07, 6.45) is 1.95. The van der Waals surface area contributed by atoms with Crippen LogP contribution in [-0.4, -0.2) is 21.2 Å². The number of benzene rings is 3. The minimum atomic E-state index is 0.639. The van der Waals surface area contributed by atoms with Crippen molar-refractivity contribution in [2.45, 2.75) is 6.92 Å². The molecule has 0 atom stereocenters. The fourth-order valence-corrected chi connectivity index (χ4v) is 3.46. The molecule has 5 aromatic rings. The first-order chi connectivity index (χ1) is 13.8. The maximum atomic E-state index is 5.65. The number of aromatic nitrogens is 3. The molecule has 0 aliphatic carbocycles. The van der Waals surface area contributed by atoms with Crippen LogP contribution in [0.2, 0.25) is 0 Å². The number of nitrogens with zero attached hydrogens (tertiary/aromatic N) is 3. The van der Waals surface area contributed by atoms with E-state index < -0.39 is 0 Å². The van der Waals surface area contributed by atoms with Crippen LogP contribution < -0.4 is 4.74 Å². The van der Waals surface area contributed by atoms with E-state index >= 15 is 0 Å². The first-order valence-electron chi connectivity index (χ1n) is 9.39. The zero-order valence-electron chi connectivity index (χ0n) is 15.5. The molecule has 4 heteroatoms. The zero-order chi connectivity index (χ0) is 18.9. The molecule has 0 aliphatic heterocycles. The normalized spacial score (nSPS) is 11.2. The minimum Gasteiger partial charge on any atom is -0.494 e. The smallest absolute Gasteiger partial charge is 0.182 e. The third-order valence-electron chi connectivity index (χ3n) is 4.85. The van der Waals surface area contributed by atoms with Crippen LogP contribution >= 0.6 is 0 Å². The van der Waals surface area contributed by atoms with Crippen molar-refractivity contribution in [2.75, 3.05) is 6.61 Å². The molecule has 28 heavy (non-hydrogen) atoms. The Morgan fingerprint density at radius 2 is 1.57 bits per heavy atom. The van der Waals surface area contributed by atoms with E-state index in [0.717, 1.165) is 27.7 Å². The summed E-state index contributed by atoms with van der Waals surface area (Å²) in [5, 5.41) is 6.83. The molecule has 2 heterocycles. The lowest BCUT2D eigenvalue weighted by Gasteiger charge is -2.05. The SMILES string of the molecule is CCOc1ccc2ccn3nc(-c4ccc(-c5ccccc5)cc4)nc3c2c1. The Balaban J connectivity index is 1.57. The van der Waals surface area contributed by atoms with E-state index in [1.54, 1.807) is 0 Å². The summed E-state index contributed by atoms with van der Waals surface area (Å²) in [6, 6.07) is 26.9. The molecule has 0 bridgehead atoms. The average Bonchev–Trinajstić information content (AvgIpc) is 3.20. The fraction of sp³-hybridized carbons (Fsp3) is 0.0833. The molecule has 0 saturated heterocycles. The monoisotopic (exact) mass is 365 g/mol. The largest absolute Gasteiger partial charge is 0.494 e. The van der Waals surface area contributed by atoms with Crippen molar-refractivity contribution in [1.29, 1.82) is 0 Å². The Hall–Kier alpha value is -3.66. The van der Waals surface area contributed by atoms with Gasteiger partial charge in [0.1, 0.15) is 5.75 Å². The highest BCUT2D eigenvalue weighted by atomic mass is 16.5. The van der Waals surface area contributed by atoms with Gasteiger partial charge in [0.05, 0.1) is 6.61 Å². The molecule has 0 fully saturated rings. The van der Waals surface area contributed by atoms with Crippen LogP contribution in [0.25, 0.3) is 38.9 Å². The average molecular weight is 365 g/mol. The molecule has 0 radical (unpaired) electrons. The maximum absolute atomic E-state index is 5.65. The van der Waals surface area contributed by atoms with Crippen molar-refractivity contribution in [3.8, 4) is 28.3 Å². The number of hydrogen-bond donors (Lipinski definition) is 0. The molecule has 0 unspecified atom stereocenters. The van der Waals surface area contributed by atoms with Gasteiger partial charge in [0, 0.05) is 17.1 Å². The van der Waals surface area contributed by atoms with Crippen molar-refractivity contribution in [1.82, 2.24) is 14.6 Å². The van der Waals surface area contributed by atoms with E-state index in [0.29, 0.717) is 12.4 Å². The van der Waals surface area contributed by atoms with Gasteiger partial charge in [-0.2, -0.15) is 0 Å². The van der Waals surface area contributed by atoms with Gasteiger partial charge in [-0.3, -0.25) is 0 Å². The van der Waals surface area contributed by atoms with Gasteiger partial charge >= 0.3 is 0 Å². The number of pyridine rings is 1. The summed E-state index contributed by atoms with van der Waals surface area (Å²) in [4.78, 5) is 4.81. The summed E-state index contributed by atoms with van der Waals surface area (Å²) in [7, 11) is 0. The zero-order valence-corrected chi connectivity index (χ0v) is 15.5. The van der Waals surface area contributed by atoms with E-state index in [9.17, 15) is 0 Å². The number of fused-ring (bicyclic) bond motifs is 3. The number of ether oxygens (including phenoxy) is 1. The second kappa shape index (κ2) is 6.82. The Labute approximate surface area is 163 Å². The first kappa shape index (κ1) is 16.5. The lowest BCUT2D eigenvalue weighted by Crippen LogP contribution is -1.92. The molecule has 3 aromatic carbocycles. The van der Waals surface area contributed by atoms with Crippen molar-refractivity contribution in [3.05, 3.63) is 85.1 Å². The van der Waals surface area contributed by atoms with E-state index in [1.807, 2.05) is 35.8 Å². The van der Waals surface area contributed by atoms with Gasteiger partial charge in [0.15, 0.2) is 11.5 Å². The predicted molar refractivity (Wildman–Crippen MR) is 113 cm³/mol. The van der Waals surface area contributed by atoms with E-state index in [1.165, 1.54) is 11.1 Å². The molecule has 0 N–H and O–H groups in total. The fourth-order valence-electron chi connectivity index (χ4n) is 3.46. The van der Waals surface area contributed by atoms with E-state index in [4.69, 9.17) is 9.72 Å². The highest BCUT2D eigenvalue weighted by Crippen LogP contribution is 2.27. The second-order valence-electron chi connectivity index (χ2n) is 6.64. The van der Waals surface area contributed by atoms with E-state index in [-0.39, 0.29) is 0 Å². The second-order valence-corrected chi connectivity index (χ2v) is 6.64. The molecule has 5 rings (SSSR count). The maximum Gasteiger partial charge on any atom is 0.182 e. The molecular weight excluding hydrogens is 346 g/mol. The first-order valence-corrected chi connectivity index (χ1v) is 9.39. The van der Waals surface area contributed by atoms with Crippen LogP contribution in [0.5, 0.6) is 5.75 Å². The highest BCUT2D eigenvalue weighted by molar-refractivity contribution is 5.95. The Bertz CT molecular complexity index is 1260. The topological polar surface area (TPSA) is 39.4 Å². The molecule has 136 valence electrons. The number of rotatable bonds is 4. The third-order valence-corrected chi connectivity index (χ3v) is 4.85. The predicted octanol–water partition coefficient (Wildman–Crippen LogP) is 5.62. The van der Waals surface area contributed by atoms with Crippen LogP contribution in [0.15, 0.2) is 85.1 Å². The summed E-state index contributed by atoms with van der Waals surface area (Å²) >= 11 is 0. The molecule has 2 aromatic heterocycles. The summed E-state index contributed by atoms with van der Waals surface area (Å²) in [6.45, 7) is 2.62. The molecule has 0 saturated carbocycles. The van der Waals surface area contributed by atoms with Crippen LogP contribution in [0.3, 0.4) is 0 Å². The van der Waals surface area contributed by atoms with Gasteiger partial charge in [-0.25, -0.2) is 9.50 Å². The van der Waals surface area contributed by atoms with Crippen molar-refractivity contribution in [2.24, 2.45) is 0 Å². The van der Waals surface area contributed by atoms with Gasteiger partial charge in [-0.15, -0.1) is 5.10 Å². The minimum absolute atomic E-state index is 0.639. The molecular formula is C24H19N3O. The summed E-state index contributed by atoms with van der Waals surface area (Å²) < 4.78 is 7.48. The lowest BCUT2D eigenvalue weighted by molar-refractivity contribution is 0.341. The number of hydrogen-bond acceptors (Lipinski definition) is 3. The standard InChI is InChI=1S/C24H19N3O/c1-2-28-21-13-12-19-14-15-27-24(22(19)16-21)25-23(26-27)20-10-8-18(9-11-20)17-6-4-3-5-7-17/h3-16H,2H2,1H3. The molecule has 0 spiro atoms. The van der Waals surface area contributed by atoms with E-state index in [2.05, 4.69) is 65.8 Å². The Morgan fingerprint density at radius 3 is 2.36 bits per heavy atom. The quantitative estimate of drug-likeness (QED) is 0.415. The van der Waals surface area contributed by atoms with Crippen LogP contribution in [-0.2, 0) is 0 Å². The Kier molecular flexibility index (Phi) is 4.02.